The van der Waals surface area contributed by atoms with E-state index < -0.39 is 0 Å². The molecule has 4 rings (SSSR count). The molecule has 2 aliphatic rings. The minimum atomic E-state index is -0.221. The second kappa shape index (κ2) is 9.10. The predicted molar refractivity (Wildman–Crippen MR) is 118 cm³/mol. The van der Waals surface area contributed by atoms with Crippen molar-refractivity contribution >= 4 is 11.8 Å². The molecule has 0 aliphatic carbocycles. The Bertz CT molecular complexity index is 915. The van der Waals surface area contributed by atoms with Gasteiger partial charge in [-0.05, 0) is 42.7 Å². The molecule has 2 atom stereocenters. The highest BCUT2D eigenvalue weighted by Crippen LogP contribution is 2.46. The number of rotatable bonds is 6. The summed E-state index contributed by atoms with van der Waals surface area (Å²) in [6, 6.07) is 17.4. The van der Waals surface area contributed by atoms with Crippen molar-refractivity contribution in [2.75, 3.05) is 40.5 Å². The van der Waals surface area contributed by atoms with E-state index in [2.05, 4.69) is 12.1 Å². The van der Waals surface area contributed by atoms with Crippen LogP contribution in [0.4, 0.5) is 0 Å². The van der Waals surface area contributed by atoms with E-state index in [1.807, 2.05) is 28.0 Å². The summed E-state index contributed by atoms with van der Waals surface area (Å²) in [5.41, 5.74) is 1.62. The molecule has 0 aromatic heterocycles. The molecular weight excluding hydrogens is 392 g/mol. The number of carbonyl (C=O) groups is 2. The van der Waals surface area contributed by atoms with Crippen molar-refractivity contribution in [3.05, 3.63) is 65.7 Å². The monoisotopic (exact) mass is 422 g/mol. The first kappa shape index (κ1) is 21.4. The highest BCUT2D eigenvalue weighted by Gasteiger charge is 2.52. The molecule has 2 fully saturated rings. The number of fused-ring (bicyclic) bond motifs is 1. The molecular formula is C25H30N2O4. The smallest absolute Gasteiger partial charge is 0.254 e. The lowest BCUT2D eigenvalue weighted by molar-refractivity contribution is -0.132. The zero-order valence-corrected chi connectivity index (χ0v) is 18.3. The van der Waals surface area contributed by atoms with Crippen LogP contribution in [0.3, 0.4) is 0 Å². The predicted octanol–water partition coefficient (Wildman–Crippen LogP) is 3.12. The molecule has 0 bridgehead atoms. The van der Waals surface area contributed by atoms with Crippen molar-refractivity contribution in [2.45, 2.75) is 30.7 Å². The summed E-state index contributed by atoms with van der Waals surface area (Å²) in [5.74, 6) is 0.785. The summed E-state index contributed by atoms with van der Waals surface area (Å²) in [6.07, 6.45) is 2.03. The average Bonchev–Trinajstić information content (AvgIpc) is 3.11. The molecule has 2 heterocycles. The summed E-state index contributed by atoms with van der Waals surface area (Å²) in [6.45, 7) is 2.43. The third kappa shape index (κ3) is 4.04. The van der Waals surface area contributed by atoms with Crippen LogP contribution in [0.25, 0.3) is 0 Å². The van der Waals surface area contributed by atoms with Gasteiger partial charge in [0.05, 0.1) is 19.8 Å². The van der Waals surface area contributed by atoms with Crippen LogP contribution in [-0.2, 0) is 14.9 Å². The van der Waals surface area contributed by atoms with Crippen molar-refractivity contribution in [1.82, 2.24) is 9.80 Å². The maximum Gasteiger partial charge on any atom is 0.254 e. The average molecular weight is 423 g/mol. The molecule has 0 radical (unpaired) electrons. The van der Waals surface area contributed by atoms with E-state index in [1.165, 1.54) is 5.56 Å². The lowest BCUT2D eigenvalue weighted by Crippen LogP contribution is -2.45. The fourth-order valence-electron chi connectivity index (χ4n) is 5.12. The number of hydrogen-bond acceptors (Lipinski definition) is 4. The molecule has 0 unspecified atom stereocenters. The topological polar surface area (TPSA) is 59.1 Å². The molecule has 2 amide bonds. The molecule has 164 valence electrons. The zero-order chi connectivity index (χ0) is 21.8. The SMILES string of the molecule is COCCN1CC[C@@]2(c3ccccc3)CCN(C(=O)c3ccc(OC)cc3)[C@H]2CC1=O. The fraction of sp³-hybridized carbons (Fsp3) is 0.440. The third-order valence-electron chi connectivity index (χ3n) is 6.87. The van der Waals surface area contributed by atoms with E-state index in [4.69, 9.17) is 9.47 Å². The van der Waals surface area contributed by atoms with Gasteiger partial charge < -0.3 is 19.3 Å². The molecule has 0 saturated carbocycles. The zero-order valence-electron chi connectivity index (χ0n) is 18.3. The molecule has 2 saturated heterocycles. The Morgan fingerprint density at radius 2 is 1.74 bits per heavy atom. The van der Waals surface area contributed by atoms with Crippen LogP contribution in [-0.4, -0.2) is 68.1 Å². The maximum atomic E-state index is 13.5. The largest absolute Gasteiger partial charge is 0.497 e. The van der Waals surface area contributed by atoms with E-state index in [0.717, 1.165) is 18.6 Å². The molecule has 0 N–H and O–H groups in total. The van der Waals surface area contributed by atoms with Gasteiger partial charge in [-0.15, -0.1) is 0 Å². The van der Waals surface area contributed by atoms with Crippen molar-refractivity contribution in [3.8, 4) is 5.75 Å². The van der Waals surface area contributed by atoms with E-state index in [-0.39, 0.29) is 23.3 Å². The van der Waals surface area contributed by atoms with Crippen LogP contribution in [0.2, 0.25) is 0 Å². The minimum absolute atomic E-state index is 0.0244. The van der Waals surface area contributed by atoms with E-state index in [1.54, 1.807) is 38.5 Å². The quantitative estimate of drug-likeness (QED) is 0.718. The normalized spacial score (nSPS) is 23.4. The Hall–Kier alpha value is -2.86. The van der Waals surface area contributed by atoms with Gasteiger partial charge >= 0.3 is 0 Å². The van der Waals surface area contributed by atoms with Crippen LogP contribution < -0.4 is 4.74 Å². The lowest BCUT2D eigenvalue weighted by atomic mass is 9.71. The minimum Gasteiger partial charge on any atom is -0.497 e. The van der Waals surface area contributed by atoms with Crippen molar-refractivity contribution < 1.29 is 19.1 Å². The second-order valence-electron chi connectivity index (χ2n) is 8.34. The molecule has 2 aliphatic heterocycles. The van der Waals surface area contributed by atoms with Crippen LogP contribution in [0.1, 0.15) is 35.2 Å². The number of ether oxygens (including phenoxy) is 2. The van der Waals surface area contributed by atoms with Gasteiger partial charge in [0.2, 0.25) is 5.91 Å². The van der Waals surface area contributed by atoms with Gasteiger partial charge in [-0.25, -0.2) is 0 Å². The number of likely N-dealkylation sites (tertiary alicyclic amines) is 2. The number of benzene rings is 2. The number of hydrogen-bond donors (Lipinski definition) is 0. The van der Waals surface area contributed by atoms with Crippen LogP contribution in [0.5, 0.6) is 5.75 Å². The Labute approximate surface area is 183 Å². The van der Waals surface area contributed by atoms with E-state index in [0.29, 0.717) is 38.2 Å². The fourth-order valence-corrected chi connectivity index (χ4v) is 5.12. The second-order valence-corrected chi connectivity index (χ2v) is 8.34. The Kier molecular flexibility index (Phi) is 6.28. The summed E-state index contributed by atoms with van der Waals surface area (Å²) >= 11 is 0. The number of methoxy groups -OCH3 is 2. The van der Waals surface area contributed by atoms with Crippen LogP contribution >= 0.6 is 0 Å². The first-order valence-corrected chi connectivity index (χ1v) is 10.9. The van der Waals surface area contributed by atoms with Crippen molar-refractivity contribution in [3.63, 3.8) is 0 Å². The van der Waals surface area contributed by atoms with E-state index in [9.17, 15) is 9.59 Å². The summed E-state index contributed by atoms with van der Waals surface area (Å²) in [7, 11) is 3.26. The molecule has 31 heavy (non-hydrogen) atoms. The van der Waals surface area contributed by atoms with Gasteiger partial charge in [0.25, 0.3) is 5.91 Å². The molecule has 2 aromatic rings. The number of carbonyl (C=O) groups excluding carboxylic acids is 2. The van der Waals surface area contributed by atoms with Gasteiger partial charge in [0.15, 0.2) is 0 Å². The van der Waals surface area contributed by atoms with Crippen LogP contribution in [0.15, 0.2) is 54.6 Å². The molecule has 6 nitrogen and oxygen atoms in total. The third-order valence-corrected chi connectivity index (χ3v) is 6.87. The number of nitrogens with zero attached hydrogens (tertiary/aromatic N) is 2. The first-order chi connectivity index (χ1) is 15.1. The standard InChI is InChI=1S/C25H30N2O4/c1-30-17-16-26-14-12-25(20-6-4-3-5-7-20)13-15-27(22(25)18-23(26)28)24(29)19-8-10-21(31-2)11-9-19/h3-11,22H,12-18H2,1-2H3/t22-,25-/m0/s1. The van der Waals surface area contributed by atoms with Gasteiger partial charge in [-0.2, -0.15) is 0 Å². The van der Waals surface area contributed by atoms with Gasteiger partial charge in [0.1, 0.15) is 5.75 Å². The van der Waals surface area contributed by atoms with Crippen LogP contribution in [0, 0.1) is 0 Å². The van der Waals surface area contributed by atoms with Crippen molar-refractivity contribution in [2.24, 2.45) is 0 Å². The molecule has 0 spiro atoms. The Morgan fingerprint density at radius 1 is 1.03 bits per heavy atom. The van der Waals surface area contributed by atoms with Gasteiger partial charge in [-0.1, -0.05) is 30.3 Å². The molecule has 6 heteroatoms. The highest BCUT2D eigenvalue weighted by atomic mass is 16.5. The molecule has 2 aromatic carbocycles. The summed E-state index contributed by atoms with van der Waals surface area (Å²) in [5, 5.41) is 0. The van der Waals surface area contributed by atoms with Crippen molar-refractivity contribution in [1.29, 1.82) is 0 Å². The Balaban J connectivity index is 1.67. The number of amides is 2. The summed E-state index contributed by atoms with van der Waals surface area (Å²) < 4.78 is 10.4. The summed E-state index contributed by atoms with van der Waals surface area (Å²) in [4.78, 5) is 30.4. The van der Waals surface area contributed by atoms with E-state index >= 15 is 0 Å². The Morgan fingerprint density at radius 3 is 2.42 bits per heavy atom. The first-order valence-electron chi connectivity index (χ1n) is 10.9. The van der Waals surface area contributed by atoms with Gasteiger partial charge in [0, 0.05) is 44.1 Å². The maximum absolute atomic E-state index is 13.5. The highest BCUT2D eigenvalue weighted by molar-refractivity contribution is 5.95. The lowest BCUT2D eigenvalue weighted by Gasteiger charge is -2.36. The van der Waals surface area contributed by atoms with Gasteiger partial charge in [-0.3, -0.25) is 9.59 Å².